The van der Waals surface area contributed by atoms with E-state index in [1.807, 2.05) is 6.07 Å². The standard InChI is InChI=1S/C9H9BrFN.ClH/c10-8-5-6(11)1-2-7(8)9-3-4-12-9;/h1-2,5,9,12H,3-4H2;1H/t9-;/m1./s1. The summed E-state index contributed by atoms with van der Waals surface area (Å²) in [6.07, 6.45) is 1.14. The fraction of sp³-hybridized carbons (Fsp3) is 0.333. The molecule has 72 valence electrons. The van der Waals surface area contributed by atoms with E-state index in [1.54, 1.807) is 0 Å². The van der Waals surface area contributed by atoms with E-state index in [9.17, 15) is 4.39 Å². The zero-order chi connectivity index (χ0) is 8.55. The van der Waals surface area contributed by atoms with Gasteiger partial charge in [-0.25, -0.2) is 4.39 Å². The highest BCUT2D eigenvalue weighted by molar-refractivity contribution is 9.10. The molecule has 1 heterocycles. The number of rotatable bonds is 1. The van der Waals surface area contributed by atoms with Crippen LogP contribution in [0.3, 0.4) is 0 Å². The first-order valence-electron chi connectivity index (χ1n) is 3.96. The maximum absolute atomic E-state index is 12.7. The van der Waals surface area contributed by atoms with Crippen LogP contribution in [0.2, 0.25) is 0 Å². The Morgan fingerprint density at radius 1 is 1.46 bits per heavy atom. The number of nitrogens with one attached hydrogen (secondary N) is 1. The van der Waals surface area contributed by atoms with E-state index in [4.69, 9.17) is 0 Å². The summed E-state index contributed by atoms with van der Waals surface area (Å²) < 4.78 is 13.5. The van der Waals surface area contributed by atoms with Crippen LogP contribution in [0, 0.1) is 5.82 Å². The Labute approximate surface area is 91.3 Å². The van der Waals surface area contributed by atoms with Crippen LogP contribution in [0.25, 0.3) is 0 Å². The molecule has 1 aliphatic heterocycles. The van der Waals surface area contributed by atoms with E-state index in [-0.39, 0.29) is 18.2 Å². The molecule has 1 aromatic rings. The Bertz CT molecular complexity index is 302. The van der Waals surface area contributed by atoms with Crippen LogP contribution in [0.4, 0.5) is 4.39 Å². The highest BCUT2D eigenvalue weighted by Gasteiger charge is 2.20. The van der Waals surface area contributed by atoms with Crippen LogP contribution in [-0.2, 0) is 0 Å². The van der Waals surface area contributed by atoms with Crippen molar-refractivity contribution in [3.05, 3.63) is 34.1 Å². The van der Waals surface area contributed by atoms with E-state index in [2.05, 4.69) is 21.2 Å². The van der Waals surface area contributed by atoms with Crippen LogP contribution >= 0.6 is 28.3 Å². The van der Waals surface area contributed by atoms with E-state index in [0.29, 0.717) is 6.04 Å². The molecule has 1 atom stereocenters. The van der Waals surface area contributed by atoms with Gasteiger partial charge in [-0.15, -0.1) is 12.4 Å². The molecule has 0 bridgehead atoms. The second kappa shape index (κ2) is 4.40. The quantitative estimate of drug-likeness (QED) is 0.824. The normalized spacial score (nSPS) is 20.3. The first kappa shape index (κ1) is 11.0. The van der Waals surface area contributed by atoms with E-state index < -0.39 is 0 Å². The molecule has 0 aromatic heterocycles. The van der Waals surface area contributed by atoms with Crippen molar-refractivity contribution in [2.75, 3.05) is 6.54 Å². The van der Waals surface area contributed by atoms with Gasteiger partial charge in [0, 0.05) is 10.5 Å². The van der Waals surface area contributed by atoms with Gasteiger partial charge in [0.05, 0.1) is 0 Å². The second-order valence-electron chi connectivity index (χ2n) is 2.96. The van der Waals surface area contributed by atoms with Crippen molar-refractivity contribution in [2.45, 2.75) is 12.5 Å². The largest absolute Gasteiger partial charge is 0.310 e. The summed E-state index contributed by atoms with van der Waals surface area (Å²) in [5, 5.41) is 3.27. The van der Waals surface area contributed by atoms with Gasteiger partial charge in [0.1, 0.15) is 5.82 Å². The lowest BCUT2D eigenvalue weighted by molar-refractivity contribution is 0.381. The summed E-state index contributed by atoms with van der Waals surface area (Å²) in [6, 6.07) is 5.26. The van der Waals surface area contributed by atoms with Crippen molar-refractivity contribution in [3.8, 4) is 0 Å². The van der Waals surface area contributed by atoms with E-state index >= 15 is 0 Å². The van der Waals surface area contributed by atoms with Gasteiger partial charge in [0.25, 0.3) is 0 Å². The molecule has 1 aliphatic rings. The van der Waals surface area contributed by atoms with Gasteiger partial charge in [-0.3, -0.25) is 0 Å². The minimum Gasteiger partial charge on any atom is -0.310 e. The highest BCUT2D eigenvalue weighted by Crippen LogP contribution is 2.29. The molecule has 0 amide bonds. The maximum atomic E-state index is 12.7. The van der Waals surface area contributed by atoms with Gasteiger partial charge in [0.2, 0.25) is 0 Å². The predicted molar refractivity (Wildman–Crippen MR) is 56.7 cm³/mol. The molecule has 0 saturated carbocycles. The molecule has 1 fully saturated rings. The molecule has 1 aromatic carbocycles. The first-order valence-corrected chi connectivity index (χ1v) is 4.75. The van der Waals surface area contributed by atoms with Crippen LogP contribution in [0.1, 0.15) is 18.0 Å². The molecule has 0 spiro atoms. The average molecular weight is 267 g/mol. The van der Waals surface area contributed by atoms with E-state index in [0.717, 1.165) is 23.0 Å². The van der Waals surface area contributed by atoms with Crippen molar-refractivity contribution >= 4 is 28.3 Å². The van der Waals surface area contributed by atoms with Gasteiger partial charge in [-0.1, -0.05) is 22.0 Å². The number of halogens is 3. The molecule has 4 heteroatoms. The van der Waals surface area contributed by atoms with Crippen LogP contribution in [-0.4, -0.2) is 6.54 Å². The second-order valence-corrected chi connectivity index (χ2v) is 3.82. The first-order chi connectivity index (χ1) is 5.77. The molecule has 0 unspecified atom stereocenters. The predicted octanol–water partition coefficient (Wildman–Crippen LogP) is 3.04. The van der Waals surface area contributed by atoms with Gasteiger partial charge in [-0.2, -0.15) is 0 Å². The molecule has 0 aliphatic carbocycles. The lowest BCUT2D eigenvalue weighted by Gasteiger charge is -2.28. The third-order valence-electron chi connectivity index (χ3n) is 2.16. The van der Waals surface area contributed by atoms with Crippen molar-refractivity contribution in [3.63, 3.8) is 0 Å². The molecule has 1 N–H and O–H groups in total. The molecule has 13 heavy (non-hydrogen) atoms. The summed E-state index contributed by atoms with van der Waals surface area (Å²) in [7, 11) is 0. The molecular weight excluding hydrogens is 256 g/mol. The Kier molecular flexibility index (Phi) is 3.71. The monoisotopic (exact) mass is 265 g/mol. The Morgan fingerprint density at radius 2 is 2.15 bits per heavy atom. The minimum atomic E-state index is -0.190. The lowest BCUT2D eigenvalue weighted by Crippen LogP contribution is -2.35. The van der Waals surface area contributed by atoms with Crippen LogP contribution in [0.15, 0.2) is 22.7 Å². The highest BCUT2D eigenvalue weighted by atomic mass is 79.9. The van der Waals surface area contributed by atoms with Gasteiger partial charge in [0.15, 0.2) is 0 Å². The van der Waals surface area contributed by atoms with Crippen LogP contribution in [0.5, 0.6) is 0 Å². The van der Waals surface area contributed by atoms with Crippen molar-refractivity contribution < 1.29 is 4.39 Å². The maximum Gasteiger partial charge on any atom is 0.124 e. The Balaban J connectivity index is 0.000000845. The van der Waals surface area contributed by atoms with E-state index in [1.165, 1.54) is 12.1 Å². The zero-order valence-corrected chi connectivity index (χ0v) is 9.29. The number of benzene rings is 1. The summed E-state index contributed by atoms with van der Waals surface area (Å²) in [5.74, 6) is -0.190. The Hall–Kier alpha value is -0.120. The Morgan fingerprint density at radius 3 is 2.62 bits per heavy atom. The van der Waals surface area contributed by atoms with Gasteiger partial charge >= 0.3 is 0 Å². The summed E-state index contributed by atoms with van der Waals surface area (Å²) >= 11 is 3.34. The van der Waals surface area contributed by atoms with Crippen molar-refractivity contribution in [2.24, 2.45) is 0 Å². The lowest BCUT2D eigenvalue weighted by atomic mass is 9.98. The summed E-state index contributed by atoms with van der Waals surface area (Å²) in [6.45, 7) is 1.06. The third-order valence-corrected chi connectivity index (χ3v) is 2.85. The average Bonchev–Trinajstić information content (AvgIpc) is 1.91. The molecule has 1 nitrogen and oxygen atoms in total. The smallest absolute Gasteiger partial charge is 0.124 e. The SMILES string of the molecule is Cl.Fc1ccc([C@H]2CCN2)c(Br)c1. The third kappa shape index (κ3) is 2.22. The summed E-state index contributed by atoms with van der Waals surface area (Å²) in [5.41, 5.74) is 1.16. The topological polar surface area (TPSA) is 12.0 Å². The minimum absolute atomic E-state index is 0. The molecular formula is C9H10BrClFN. The van der Waals surface area contributed by atoms with Crippen LogP contribution < -0.4 is 5.32 Å². The molecule has 0 radical (unpaired) electrons. The van der Waals surface area contributed by atoms with Gasteiger partial charge in [-0.05, 0) is 30.7 Å². The summed E-state index contributed by atoms with van der Waals surface area (Å²) in [4.78, 5) is 0. The zero-order valence-electron chi connectivity index (χ0n) is 6.89. The van der Waals surface area contributed by atoms with Gasteiger partial charge < -0.3 is 5.32 Å². The van der Waals surface area contributed by atoms with Crippen molar-refractivity contribution in [1.29, 1.82) is 0 Å². The number of hydrogen-bond donors (Lipinski definition) is 1. The fourth-order valence-electron chi connectivity index (χ4n) is 1.34. The van der Waals surface area contributed by atoms with Crippen molar-refractivity contribution in [1.82, 2.24) is 5.32 Å². The number of hydrogen-bond acceptors (Lipinski definition) is 1. The molecule has 2 rings (SSSR count). The molecule has 1 saturated heterocycles. The fourth-order valence-corrected chi connectivity index (χ4v) is 1.97.